The maximum atomic E-state index is 13.6. The van der Waals surface area contributed by atoms with Crippen LogP contribution in [0, 0.1) is 17.5 Å². The monoisotopic (exact) mass is 267 g/mol. The average molecular weight is 267 g/mol. The lowest BCUT2D eigenvalue weighted by Crippen LogP contribution is -2.15. The average Bonchev–Trinajstić information content (AvgIpc) is 3.09. The number of halogens is 3. The first-order valence-corrected chi connectivity index (χ1v) is 6.06. The van der Waals surface area contributed by atoms with Crippen LogP contribution in [-0.2, 0) is 6.54 Å². The van der Waals surface area contributed by atoms with Crippen molar-refractivity contribution in [2.75, 3.05) is 0 Å². The standard InChI is InChI=1S/C13H12F3N3/c14-8-5-11(15)13(16)12(6-8)19-4-3-10(18-19)7-17-9-1-2-9/h3-6,9,17H,1-2,7H2. The van der Waals surface area contributed by atoms with Gasteiger partial charge in [-0.05, 0) is 18.9 Å². The van der Waals surface area contributed by atoms with Crippen molar-refractivity contribution in [3.63, 3.8) is 0 Å². The van der Waals surface area contributed by atoms with Crippen molar-refractivity contribution in [3.05, 3.63) is 47.5 Å². The lowest BCUT2D eigenvalue weighted by molar-refractivity contribution is 0.487. The van der Waals surface area contributed by atoms with Gasteiger partial charge in [-0.1, -0.05) is 0 Å². The molecular weight excluding hydrogens is 255 g/mol. The zero-order valence-corrected chi connectivity index (χ0v) is 10.0. The number of aromatic nitrogens is 2. The summed E-state index contributed by atoms with van der Waals surface area (Å²) >= 11 is 0. The predicted molar refractivity (Wildman–Crippen MR) is 63.3 cm³/mol. The quantitative estimate of drug-likeness (QED) is 0.863. The first-order chi connectivity index (χ1) is 9.13. The summed E-state index contributed by atoms with van der Waals surface area (Å²) in [6, 6.07) is 3.66. The molecule has 0 radical (unpaired) electrons. The third-order valence-electron chi connectivity index (χ3n) is 3.01. The molecule has 19 heavy (non-hydrogen) atoms. The lowest BCUT2D eigenvalue weighted by atomic mass is 10.3. The van der Waals surface area contributed by atoms with Crippen molar-refractivity contribution in [1.29, 1.82) is 0 Å². The van der Waals surface area contributed by atoms with Crippen LogP contribution in [-0.4, -0.2) is 15.8 Å². The molecule has 1 aromatic heterocycles. The molecule has 1 heterocycles. The van der Waals surface area contributed by atoms with Crippen LogP contribution in [0.4, 0.5) is 13.2 Å². The van der Waals surface area contributed by atoms with Crippen molar-refractivity contribution in [3.8, 4) is 5.69 Å². The third-order valence-corrected chi connectivity index (χ3v) is 3.01. The van der Waals surface area contributed by atoms with Crippen LogP contribution < -0.4 is 5.32 Å². The van der Waals surface area contributed by atoms with Gasteiger partial charge >= 0.3 is 0 Å². The molecule has 3 rings (SSSR count). The van der Waals surface area contributed by atoms with E-state index >= 15 is 0 Å². The zero-order valence-electron chi connectivity index (χ0n) is 10.0. The molecule has 0 amide bonds. The van der Waals surface area contributed by atoms with Crippen molar-refractivity contribution >= 4 is 0 Å². The Morgan fingerprint density at radius 1 is 1.26 bits per heavy atom. The van der Waals surface area contributed by atoms with Gasteiger partial charge in [0, 0.05) is 30.9 Å². The SMILES string of the molecule is Fc1cc(F)c(F)c(-n2ccc(CNC3CC3)n2)c1. The van der Waals surface area contributed by atoms with Crippen molar-refractivity contribution in [2.24, 2.45) is 0 Å². The van der Waals surface area contributed by atoms with Gasteiger partial charge in [-0.25, -0.2) is 17.9 Å². The second kappa shape index (κ2) is 4.70. The van der Waals surface area contributed by atoms with Crippen molar-refractivity contribution < 1.29 is 13.2 Å². The Morgan fingerprint density at radius 2 is 2.05 bits per heavy atom. The number of nitrogens with zero attached hydrogens (tertiary/aromatic N) is 2. The van der Waals surface area contributed by atoms with Gasteiger partial charge in [0.25, 0.3) is 0 Å². The van der Waals surface area contributed by atoms with E-state index in [0.29, 0.717) is 24.3 Å². The van der Waals surface area contributed by atoms with Gasteiger partial charge in [0.15, 0.2) is 11.6 Å². The number of nitrogens with one attached hydrogen (secondary N) is 1. The highest BCUT2D eigenvalue weighted by molar-refractivity contribution is 5.34. The second-order valence-corrected chi connectivity index (χ2v) is 4.63. The van der Waals surface area contributed by atoms with Crippen LogP contribution in [0.15, 0.2) is 24.4 Å². The van der Waals surface area contributed by atoms with Crippen LogP contribution in [0.1, 0.15) is 18.5 Å². The molecule has 0 bridgehead atoms. The first kappa shape index (κ1) is 12.2. The van der Waals surface area contributed by atoms with Gasteiger partial charge in [-0.3, -0.25) is 0 Å². The van der Waals surface area contributed by atoms with E-state index in [1.807, 2.05) is 0 Å². The van der Waals surface area contributed by atoms with E-state index in [1.54, 1.807) is 6.07 Å². The fraction of sp³-hybridized carbons (Fsp3) is 0.308. The molecule has 0 aliphatic heterocycles. The molecule has 1 N–H and O–H groups in total. The molecule has 1 fully saturated rings. The summed E-state index contributed by atoms with van der Waals surface area (Å²) in [5.74, 6) is -3.16. The molecule has 0 spiro atoms. The number of hydrogen-bond acceptors (Lipinski definition) is 2. The van der Waals surface area contributed by atoms with Crippen molar-refractivity contribution in [2.45, 2.75) is 25.4 Å². The van der Waals surface area contributed by atoms with Crippen molar-refractivity contribution in [1.82, 2.24) is 15.1 Å². The van der Waals surface area contributed by atoms with Crippen LogP contribution in [0.5, 0.6) is 0 Å². The van der Waals surface area contributed by atoms with Gasteiger partial charge in [-0.2, -0.15) is 5.10 Å². The van der Waals surface area contributed by atoms with E-state index in [-0.39, 0.29) is 5.69 Å². The highest BCUT2D eigenvalue weighted by Crippen LogP contribution is 2.20. The highest BCUT2D eigenvalue weighted by Gasteiger charge is 2.20. The van der Waals surface area contributed by atoms with Gasteiger partial charge in [-0.15, -0.1) is 0 Å². The fourth-order valence-corrected chi connectivity index (χ4v) is 1.84. The van der Waals surface area contributed by atoms with E-state index < -0.39 is 17.5 Å². The van der Waals surface area contributed by atoms with E-state index in [2.05, 4.69) is 10.4 Å². The number of benzene rings is 1. The Kier molecular flexibility index (Phi) is 3.02. The van der Waals surface area contributed by atoms with E-state index in [4.69, 9.17) is 0 Å². The summed E-state index contributed by atoms with van der Waals surface area (Å²) in [5.41, 5.74) is 0.478. The third kappa shape index (κ3) is 2.63. The van der Waals surface area contributed by atoms with Gasteiger partial charge in [0.05, 0.1) is 5.69 Å². The summed E-state index contributed by atoms with van der Waals surface area (Å²) in [6.45, 7) is 0.567. The largest absolute Gasteiger partial charge is 0.308 e. The molecule has 2 aromatic rings. The number of hydrogen-bond donors (Lipinski definition) is 1. The first-order valence-electron chi connectivity index (χ1n) is 6.06. The number of rotatable bonds is 4. The predicted octanol–water partition coefficient (Wildman–Crippen LogP) is 2.54. The summed E-state index contributed by atoms with van der Waals surface area (Å²) in [6.07, 6.45) is 3.80. The van der Waals surface area contributed by atoms with Gasteiger partial charge in [0.1, 0.15) is 11.5 Å². The zero-order chi connectivity index (χ0) is 13.4. The molecular formula is C13H12F3N3. The van der Waals surface area contributed by atoms with E-state index in [0.717, 1.165) is 23.6 Å². The summed E-state index contributed by atoms with van der Waals surface area (Å²) in [4.78, 5) is 0. The topological polar surface area (TPSA) is 29.9 Å². The van der Waals surface area contributed by atoms with Crippen LogP contribution >= 0.6 is 0 Å². The van der Waals surface area contributed by atoms with Gasteiger partial charge < -0.3 is 5.32 Å². The molecule has 0 saturated heterocycles. The fourth-order valence-electron chi connectivity index (χ4n) is 1.84. The van der Waals surface area contributed by atoms with Crippen LogP contribution in [0.3, 0.4) is 0 Å². The van der Waals surface area contributed by atoms with Crippen LogP contribution in [0.2, 0.25) is 0 Å². The molecule has 0 atom stereocenters. The maximum absolute atomic E-state index is 13.6. The lowest BCUT2D eigenvalue weighted by Gasteiger charge is -2.04. The Morgan fingerprint density at radius 3 is 2.79 bits per heavy atom. The van der Waals surface area contributed by atoms with E-state index in [1.165, 1.54) is 6.20 Å². The highest BCUT2D eigenvalue weighted by atomic mass is 19.2. The van der Waals surface area contributed by atoms with Crippen LogP contribution in [0.25, 0.3) is 5.69 Å². The molecule has 1 aliphatic rings. The minimum absolute atomic E-state index is 0.227. The minimum Gasteiger partial charge on any atom is -0.308 e. The summed E-state index contributed by atoms with van der Waals surface area (Å²) in [7, 11) is 0. The van der Waals surface area contributed by atoms with Gasteiger partial charge in [0.2, 0.25) is 0 Å². The Bertz CT molecular complexity index is 605. The normalized spacial score (nSPS) is 14.9. The molecule has 100 valence electrons. The molecule has 1 saturated carbocycles. The maximum Gasteiger partial charge on any atom is 0.184 e. The smallest absolute Gasteiger partial charge is 0.184 e. The molecule has 1 aromatic carbocycles. The molecule has 0 unspecified atom stereocenters. The second-order valence-electron chi connectivity index (χ2n) is 4.63. The Hall–Kier alpha value is -1.82. The van der Waals surface area contributed by atoms with E-state index in [9.17, 15) is 13.2 Å². The Labute approximate surface area is 108 Å². The summed E-state index contributed by atoms with van der Waals surface area (Å²) < 4.78 is 41.0. The minimum atomic E-state index is -1.22. The molecule has 1 aliphatic carbocycles. The Balaban J connectivity index is 1.85. The molecule has 6 heteroatoms. The summed E-state index contributed by atoms with van der Waals surface area (Å²) in [5, 5.41) is 7.36. The molecule has 3 nitrogen and oxygen atoms in total.